The molecule has 0 bridgehead atoms. The van der Waals surface area contributed by atoms with E-state index in [0.29, 0.717) is 12.3 Å². The number of hydrogen-bond acceptors (Lipinski definition) is 3. The summed E-state index contributed by atoms with van der Waals surface area (Å²) in [6, 6.07) is 14.7. The largest absolute Gasteiger partial charge is 0.393 e. The van der Waals surface area contributed by atoms with Crippen LogP contribution in [0.3, 0.4) is 0 Å². The van der Waals surface area contributed by atoms with Gasteiger partial charge in [-0.3, -0.25) is 4.98 Å². The van der Waals surface area contributed by atoms with E-state index in [0.717, 1.165) is 24.1 Å². The molecule has 0 fully saturated rings. The summed E-state index contributed by atoms with van der Waals surface area (Å²) in [5.41, 5.74) is 10.2. The van der Waals surface area contributed by atoms with E-state index in [4.69, 9.17) is 15.2 Å². The Bertz CT molecular complexity index is 1040. The second kappa shape index (κ2) is 10.8. The molecule has 3 aromatic rings. The monoisotopic (exact) mass is 597 g/mol. The first-order valence-corrected chi connectivity index (χ1v) is 11.0. The third-order valence-electron chi connectivity index (χ3n) is 5.69. The zero-order chi connectivity index (χ0) is 22.0. The fourth-order valence-electron chi connectivity index (χ4n) is 4.37. The van der Waals surface area contributed by atoms with Crippen LogP contribution < -0.4 is 0 Å². The van der Waals surface area contributed by atoms with E-state index in [1.807, 2.05) is 0 Å². The van der Waals surface area contributed by atoms with Gasteiger partial charge in [0.2, 0.25) is 0 Å². The maximum atomic E-state index is 8.56. The van der Waals surface area contributed by atoms with Crippen LogP contribution >= 0.6 is 0 Å². The van der Waals surface area contributed by atoms with E-state index >= 15 is 0 Å². The van der Waals surface area contributed by atoms with Crippen molar-refractivity contribution < 1.29 is 30.3 Å². The van der Waals surface area contributed by atoms with Crippen LogP contribution in [-0.2, 0) is 32.9 Å². The summed E-state index contributed by atoms with van der Waals surface area (Å²) in [6.07, 6.45) is 1.90. The summed E-state index contributed by atoms with van der Waals surface area (Å²) in [7, 11) is 0. The van der Waals surface area contributed by atoms with Crippen molar-refractivity contribution in [3.8, 4) is 11.3 Å². The SMILES string of the molecule is CC(O)CC(C)O.Cc1[c-]c2c(c(C)c1)CCc1cc3c(C(C)C)cccc3nc1-2.[Ir]. The van der Waals surface area contributed by atoms with Gasteiger partial charge in [0.1, 0.15) is 0 Å². The molecule has 1 heterocycles. The molecule has 31 heavy (non-hydrogen) atoms. The molecule has 4 heteroatoms. The second-order valence-electron chi connectivity index (χ2n) is 8.99. The van der Waals surface area contributed by atoms with Gasteiger partial charge in [-0.2, -0.15) is 0 Å². The molecule has 0 spiro atoms. The molecule has 0 saturated heterocycles. The van der Waals surface area contributed by atoms with E-state index in [-0.39, 0.29) is 32.3 Å². The van der Waals surface area contributed by atoms with E-state index in [1.54, 1.807) is 13.8 Å². The molecular weight excluding hydrogens is 563 g/mol. The maximum absolute atomic E-state index is 8.56. The average molecular weight is 597 g/mol. The van der Waals surface area contributed by atoms with Crippen LogP contribution in [-0.4, -0.2) is 27.4 Å². The Morgan fingerprint density at radius 2 is 1.68 bits per heavy atom. The van der Waals surface area contributed by atoms with Crippen molar-refractivity contribution in [2.24, 2.45) is 0 Å². The minimum absolute atomic E-state index is 0. The molecule has 2 unspecified atom stereocenters. The first-order chi connectivity index (χ1) is 14.2. The molecule has 1 radical (unpaired) electrons. The van der Waals surface area contributed by atoms with Crippen molar-refractivity contribution in [1.82, 2.24) is 4.98 Å². The quantitative estimate of drug-likeness (QED) is 0.383. The molecule has 169 valence electrons. The fourth-order valence-corrected chi connectivity index (χ4v) is 4.37. The topological polar surface area (TPSA) is 53.4 Å². The number of aryl methyl sites for hydroxylation is 3. The van der Waals surface area contributed by atoms with Crippen molar-refractivity contribution >= 4 is 10.9 Å². The molecule has 3 nitrogen and oxygen atoms in total. The second-order valence-corrected chi connectivity index (χ2v) is 8.99. The smallest absolute Gasteiger partial charge is 0.0598 e. The van der Waals surface area contributed by atoms with Crippen LogP contribution in [0, 0.1) is 19.9 Å². The predicted octanol–water partition coefficient (Wildman–Crippen LogP) is 5.68. The van der Waals surface area contributed by atoms with Gasteiger partial charge in [-0.05, 0) is 49.9 Å². The molecule has 0 aliphatic heterocycles. The number of aliphatic hydroxyl groups is 2. The van der Waals surface area contributed by atoms with Gasteiger partial charge in [-0.25, -0.2) is 0 Å². The summed E-state index contributed by atoms with van der Waals surface area (Å²) >= 11 is 0. The van der Waals surface area contributed by atoms with Crippen LogP contribution in [0.2, 0.25) is 0 Å². The Hall–Kier alpha value is -1.58. The summed E-state index contributed by atoms with van der Waals surface area (Å²) in [4.78, 5) is 5.05. The van der Waals surface area contributed by atoms with Gasteiger partial charge < -0.3 is 10.2 Å². The molecule has 1 aromatic heterocycles. The molecule has 2 N–H and O–H groups in total. The average Bonchev–Trinajstić information content (AvgIpc) is 2.65. The van der Waals surface area contributed by atoms with Gasteiger partial charge in [0.15, 0.2) is 0 Å². The number of aromatic nitrogens is 1. The van der Waals surface area contributed by atoms with Gasteiger partial charge >= 0.3 is 0 Å². The van der Waals surface area contributed by atoms with Gasteiger partial charge in [0.25, 0.3) is 0 Å². The molecule has 2 atom stereocenters. The van der Waals surface area contributed by atoms with E-state index in [1.165, 1.54) is 38.8 Å². The minimum Gasteiger partial charge on any atom is -0.393 e. The predicted molar refractivity (Wildman–Crippen MR) is 125 cm³/mol. The Balaban J connectivity index is 0.000000373. The van der Waals surface area contributed by atoms with E-state index < -0.39 is 0 Å². The Labute approximate surface area is 200 Å². The van der Waals surface area contributed by atoms with Crippen molar-refractivity contribution in [3.05, 3.63) is 64.2 Å². The number of nitrogens with zero attached hydrogens (tertiary/aromatic N) is 1. The molecular formula is C27H34IrNO2-. The van der Waals surface area contributed by atoms with Crippen molar-refractivity contribution in [2.75, 3.05) is 0 Å². The molecule has 0 amide bonds. The maximum Gasteiger partial charge on any atom is 0.0598 e. The van der Waals surface area contributed by atoms with Gasteiger partial charge in [-0.15, -0.1) is 34.4 Å². The first-order valence-electron chi connectivity index (χ1n) is 11.0. The zero-order valence-electron chi connectivity index (χ0n) is 19.4. The van der Waals surface area contributed by atoms with Crippen LogP contribution in [0.15, 0.2) is 30.3 Å². The number of pyridine rings is 1. The molecule has 4 rings (SSSR count). The van der Waals surface area contributed by atoms with Crippen LogP contribution in [0.1, 0.15) is 67.9 Å². The summed E-state index contributed by atoms with van der Waals surface area (Å²) < 4.78 is 0. The number of rotatable bonds is 3. The molecule has 1 aliphatic rings. The molecule has 1 aliphatic carbocycles. The third-order valence-corrected chi connectivity index (χ3v) is 5.69. The summed E-state index contributed by atoms with van der Waals surface area (Å²) in [5.74, 6) is 0.519. The molecule has 2 aromatic carbocycles. The third kappa shape index (κ3) is 6.02. The van der Waals surface area contributed by atoms with Crippen LogP contribution in [0.4, 0.5) is 0 Å². The van der Waals surface area contributed by atoms with E-state index in [9.17, 15) is 0 Å². The van der Waals surface area contributed by atoms with Gasteiger partial charge in [-0.1, -0.05) is 57.9 Å². The Morgan fingerprint density at radius 1 is 1.00 bits per heavy atom. The normalized spacial score (nSPS) is 14.1. The summed E-state index contributed by atoms with van der Waals surface area (Å²) in [6.45, 7) is 12.2. The van der Waals surface area contributed by atoms with Gasteiger partial charge in [0, 0.05) is 25.5 Å². The van der Waals surface area contributed by atoms with Crippen molar-refractivity contribution in [1.29, 1.82) is 0 Å². The molecule has 0 saturated carbocycles. The fraction of sp³-hybridized carbons (Fsp3) is 0.444. The zero-order valence-corrected chi connectivity index (χ0v) is 21.8. The first kappa shape index (κ1) is 25.7. The standard InChI is InChI=1S/C22H22N.C5H12O2.Ir/c1-13(2)17-6-5-7-21-19(17)12-16-8-9-18-15(4)10-14(3)11-20(18)22(16)23-21;1-4(6)3-5(2)7;/h5-7,10,12-13H,8-9H2,1-4H3;4-7H,3H2,1-2H3;/q-1;;. The number of aliphatic hydroxyl groups excluding tert-OH is 2. The van der Waals surface area contributed by atoms with Crippen LogP contribution in [0.5, 0.6) is 0 Å². The number of hydrogen-bond donors (Lipinski definition) is 2. The Kier molecular flexibility index (Phi) is 8.97. The van der Waals surface area contributed by atoms with Crippen molar-refractivity contribution in [2.45, 2.75) is 78.9 Å². The van der Waals surface area contributed by atoms with Crippen LogP contribution in [0.25, 0.3) is 22.2 Å². The Morgan fingerprint density at radius 3 is 2.26 bits per heavy atom. The minimum atomic E-state index is -0.375. The number of fused-ring (bicyclic) bond motifs is 4. The van der Waals surface area contributed by atoms with Crippen molar-refractivity contribution in [3.63, 3.8) is 0 Å². The van der Waals surface area contributed by atoms with E-state index in [2.05, 4.69) is 64.1 Å². The number of benzene rings is 2. The summed E-state index contributed by atoms with van der Waals surface area (Å²) in [5, 5.41) is 18.4. The van der Waals surface area contributed by atoms with Gasteiger partial charge in [0.05, 0.1) is 17.7 Å².